The average molecular weight is 932 g/mol. The molecule has 30 heteroatoms. The van der Waals surface area contributed by atoms with Crippen LogP contribution in [-0.2, 0) is 72.8 Å². The van der Waals surface area contributed by atoms with Gasteiger partial charge in [0.2, 0.25) is 0 Å². The van der Waals surface area contributed by atoms with Crippen LogP contribution in [0.1, 0.15) is 0 Å². The minimum Gasteiger partial charge on any atom is -0.813 e. The van der Waals surface area contributed by atoms with E-state index in [0.29, 0.717) is 0 Å². The summed E-state index contributed by atoms with van der Waals surface area (Å²) in [5.74, 6) is 0. The summed E-state index contributed by atoms with van der Waals surface area (Å²) in [5.41, 5.74) is 0. The summed E-state index contributed by atoms with van der Waals surface area (Å²) in [5, 5.41) is 0. The fraction of sp³-hybridized carbons (Fsp3) is 0. The molecule has 0 aliphatic heterocycles. The fourth-order valence-corrected chi connectivity index (χ4v) is 0. The Morgan fingerprint density at radius 3 is 0.233 bits per heavy atom. The molecule has 21 nitrogen and oxygen atoms in total. The van der Waals surface area contributed by atoms with Gasteiger partial charge in [0.1, 0.15) is 0 Å². The zero-order valence-electron chi connectivity index (χ0n) is 12.8. The van der Waals surface area contributed by atoms with Gasteiger partial charge in [-0.2, -0.15) is 0 Å². The zero-order chi connectivity index (χ0) is 25.0. The third-order valence-electron chi connectivity index (χ3n) is 0. The van der Waals surface area contributed by atoms with Crippen LogP contribution in [0.5, 0.6) is 0 Å². The molecule has 0 N–H and O–H groups in total. The largest absolute Gasteiger partial charge is 7.00 e. The van der Waals surface area contributed by atoms with Gasteiger partial charge in [0, 0.05) is 0 Å². The predicted molar refractivity (Wildman–Crippen MR) is 63.0 cm³/mol. The Bertz CT molecular complexity index is 312. The van der Waals surface area contributed by atoms with Crippen LogP contribution in [0, 0.1) is 0 Å². The molecule has 0 unspecified atom stereocenters. The van der Waals surface area contributed by atoms with E-state index in [2.05, 4.69) is 0 Å². The van der Waals surface area contributed by atoms with E-state index in [4.69, 9.17) is 100 Å². The summed E-state index contributed by atoms with van der Waals surface area (Å²) in [6.45, 7) is 0. The first kappa shape index (κ1) is 58.3. The van der Waals surface area contributed by atoms with E-state index in [1.165, 1.54) is 0 Å². The fourth-order valence-electron chi connectivity index (χ4n) is 0. The molecule has 0 bridgehead atoms. The van der Waals surface area contributed by atoms with Gasteiger partial charge >= 0.3 is 40.8 Å². The normalized spacial score (nSPS) is 8.17. The van der Waals surface area contributed by atoms with Crippen molar-refractivity contribution >= 4 is 57.8 Å². The molecular weight excluding hydrogens is 925 g/mol. The first-order valence-corrected chi connectivity index (χ1v) is 12.9. The average Bonchev–Trinajstić information content (AvgIpc) is 2.20. The summed E-state index contributed by atoms with van der Waals surface area (Å²) in [6, 6.07) is 0. The van der Waals surface area contributed by atoms with Gasteiger partial charge in [0.25, 0.3) is 0 Å². The Morgan fingerprint density at radius 2 is 0.233 bits per heavy atom. The molecule has 0 atom stereocenters. The van der Waals surface area contributed by atoms with Crippen molar-refractivity contribution in [1.29, 1.82) is 0 Å². The van der Waals surface area contributed by atoms with E-state index in [9.17, 15) is 0 Å². The Balaban J connectivity index is -0.0000000242. The van der Waals surface area contributed by atoms with E-state index in [1.54, 1.807) is 0 Å². The minimum absolute atomic E-state index is 0. The molecule has 0 aliphatic carbocycles. The van der Waals surface area contributed by atoms with Gasteiger partial charge < -0.3 is 100 Å². The van der Waals surface area contributed by atoms with Crippen LogP contribution in [-0.4, -0.2) is 0 Å². The van der Waals surface area contributed by atoms with Gasteiger partial charge in [0.05, 0.1) is 0 Å². The SMILES string of the molecule is O=[PH]([O-])[O-].O=[PH]([O-])[O-].O=[PH]([O-])[O-].O=[PH]([O-])[O-].O=[PH]([O-])[O-].O=[PH]([O-])[O-].O=[PH]([O-])[O-].[Re+7].[Re+7]. The standard InChI is InChI=1S/7H3O3P.2Re/c7*1-4(2)3;;/h7*4H,(H2,1,2,3);;/q;;;;;;;2*+7/p-14. The molecule has 182 valence electrons. The second kappa shape index (κ2) is 53.0. The van der Waals surface area contributed by atoms with E-state index < -0.39 is 57.8 Å². The van der Waals surface area contributed by atoms with Gasteiger partial charge in [-0.1, -0.05) is 57.8 Å². The van der Waals surface area contributed by atoms with Crippen LogP contribution >= 0.6 is 57.8 Å². The van der Waals surface area contributed by atoms with Crippen LogP contribution in [0.25, 0.3) is 0 Å². The molecule has 0 saturated heterocycles. The van der Waals surface area contributed by atoms with Crippen LogP contribution < -0.4 is 68.5 Å². The van der Waals surface area contributed by atoms with Gasteiger partial charge in [-0.05, 0) is 0 Å². The molecule has 0 aromatic rings. The Morgan fingerprint density at radius 1 is 0.233 bits per heavy atom. The van der Waals surface area contributed by atoms with Crippen LogP contribution in [0.2, 0.25) is 0 Å². The van der Waals surface area contributed by atoms with Gasteiger partial charge in [-0.15, -0.1) is 0 Å². The van der Waals surface area contributed by atoms with Gasteiger partial charge in [-0.3, -0.25) is 0 Å². The monoisotopic (exact) mass is 934 g/mol. The predicted octanol–water partition coefficient (Wildman–Crippen LogP) is -13.3. The molecule has 0 aliphatic rings. The molecular formula is H7O21P7Re2. The smallest absolute Gasteiger partial charge is 0.813 e. The van der Waals surface area contributed by atoms with Crippen molar-refractivity contribution in [3.05, 3.63) is 0 Å². The molecule has 0 spiro atoms. The maximum atomic E-state index is 8.52. The molecule has 0 rings (SSSR count). The molecule has 0 aromatic carbocycles. The van der Waals surface area contributed by atoms with Crippen LogP contribution in [0.15, 0.2) is 0 Å². The Hall–Kier alpha value is 2.37. The van der Waals surface area contributed by atoms with Gasteiger partial charge in [0.15, 0.2) is 0 Å². The summed E-state index contributed by atoms with van der Waals surface area (Å²) < 4.78 is 59.6. The summed E-state index contributed by atoms with van der Waals surface area (Å²) in [6.07, 6.45) is 0. The van der Waals surface area contributed by atoms with Crippen LogP contribution in [0.3, 0.4) is 0 Å². The topological polar surface area (TPSA) is 442 Å². The third-order valence-corrected chi connectivity index (χ3v) is 0. The maximum Gasteiger partial charge on any atom is 7.00 e. The number of hydrogen-bond donors (Lipinski definition) is 0. The molecule has 30 heavy (non-hydrogen) atoms. The Labute approximate surface area is 198 Å². The minimum atomic E-state index is -3.63. The summed E-state index contributed by atoms with van der Waals surface area (Å²) in [7, 11) is -25.4. The van der Waals surface area contributed by atoms with Crippen molar-refractivity contribution in [3.8, 4) is 0 Å². The first-order chi connectivity index (χ1) is 12.1. The molecule has 0 fully saturated rings. The first-order valence-electron chi connectivity index (χ1n) is 4.29. The second-order valence-electron chi connectivity index (χ2n) is 1.75. The maximum absolute atomic E-state index is 8.52. The van der Waals surface area contributed by atoms with E-state index in [1.807, 2.05) is 0 Å². The molecule has 0 heterocycles. The molecule has 0 radical (unpaired) electrons. The number of rotatable bonds is 0. The molecule has 0 amide bonds. The second-order valence-corrected chi connectivity index (χ2v) is 5.25. The van der Waals surface area contributed by atoms with Crippen molar-refractivity contribution in [2.75, 3.05) is 0 Å². The summed E-state index contributed by atoms with van der Waals surface area (Å²) in [4.78, 5) is 119. The molecule has 0 aromatic heterocycles. The third kappa shape index (κ3) is 4650. The summed E-state index contributed by atoms with van der Waals surface area (Å²) >= 11 is 0. The van der Waals surface area contributed by atoms with E-state index in [0.717, 1.165) is 0 Å². The zero-order valence-corrected chi connectivity index (χ0v) is 25.3. The van der Waals surface area contributed by atoms with Crippen LogP contribution in [0.4, 0.5) is 0 Å². The van der Waals surface area contributed by atoms with E-state index in [-0.39, 0.29) is 40.8 Å². The quantitative estimate of drug-likeness (QED) is 0.204. The Kier molecular flexibility index (Phi) is 103. The van der Waals surface area contributed by atoms with Gasteiger partial charge in [-0.25, -0.2) is 0 Å². The van der Waals surface area contributed by atoms with Crippen molar-refractivity contribution in [2.24, 2.45) is 0 Å². The van der Waals surface area contributed by atoms with Crippen molar-refractivity contribution in [3.63, 3.8) is 0 Å². The number of hydrogen-bond acceptors (Lipinski definition) is 21. The van der Waals surface area contributed by atoms with Crippen molar-refractivity contribution in [2.45, 2.75) is 0 Å². The van der Waals surface area contributed by atoms with Crippen molar-refractivity contribution in [1.82, 2.24) is 0 Å². The van der Waals surface area contributed by atoms with E-state index >= 15 is 0 Å². The molecule has 0 saturated carbocycles. The van der Waals surface area contributed by atoms with Crippen molar-refractivity contribution < 1.29 is 141 Å².